The van der Waals surface area contributed by atoms with Crippen LogP contribution in [0.3, 0.4) is 0 Å². The number of ether oxygens (including phenoxy) is 1. The Hall–Kier alpha value is -2.56. The van der Waals surface area contributed by atoms with Gasteiger partial charge < -0.3 is 15.4 Å². The van der Waals surface area contributed by atoms with Crippen LogP contribution in [0.5, 0.6) is 5.75 Å². The second-order valence-electron chi connectivity index (χ2n) is 6.10. The van der Waals surface area contributed by atoms with Gasteiger partial charge in [-0.15, -0.1) is 0 Å². The van der Waals surface area contributed by atoms with Crippen LogP contribution in [-0.4, -0.2) is 25.7 Å². The summed E-state index contributed by atoms with van der Waals surface area (Å²) in [6.07, 6.45) is 0.457. The number of aryl methyl sites for hydroxylation is 3. The third kappa shape index (κ3) is 5.78. The molecule has 0 saturated heterocycles. The van der Waals surface area contributed by atoms with Crippen LogP contribution in [0.2, 0.25) is 0 Å². The van der Waals surface area contributed by atoms with Gasteiger partial charge >= 0.3 is 6.03 Å². The lowest BCUT2D eigenvalue weighted by Gasteiger charge is -2.14. The summed E-state index contributed by atoms with van der Waals surface area (Å²) in [7, 11) is 0. The Labute approximate surface area is 148 Å². The molecule has 2 rings (SSSR count). The van der Waals surface area contributed by atoms with E-state index in [0.717, 1.165) is 16.9 Å². The maximum Gasteiger partial charge on any atom is 0.314 e. The zero-order valence-electron chi connectivity index (χ0n) is 15.0. The second kappa shape index (κ2) is 9.06. The van der Waals surface area contributed by atoms with Crippen LogP contribution in [0.1, 0.15) is 22.3 Å². The number of rotatable bonds is 7. The van der Waals surface area contributed by atoms with Gasteiger partial charge in [-0.25, -0.2) is 9.18 Å². The van der Waals surface area contributed by atoms with Crippen LogP contribution >= 0.6 is 0 Å². The molecule has 5 heteroatoms. The van der Waals surface area contributed by atoms with E-state index < -0.39 is 0 Å². The van der Waals surface area contributed by atoms with E-state index >= 15 is 0 Å². The first-order chi connectivity index (χ1) is 12.0. The van der Waals surface area contributed by atoms with Crippen molar-refractivity contribution in [3.63, 3.8) is 0 Å². The van der Waals surface area contributed by atoms with Crippen molar-refractivity contribution in [1.29, 1.82) is 0 Å². The van der Waals surface area contributed by atoms with Gasteiger partial charge in [0.1, 0.15) is 18.2 Å². The number of hydrogen-bond acceptors (Lipinski definition) is 2. The molecule has 0 aliphatic carbocycles. The Bertz CT molecular complexity index is 708. The highest BCUT2D eigenvalue weighted by molar-refractivity contribution is 5.73. The summed E-state index contributed by atoms with van der Waals surface area (Å²) in [5, 5.41) is 5.45. The van der Waals surface area contributed by atoms with Crippen molar-refractivity contribution in [3.05, 3.63) is 64.5 Å². The van der Waals surface area contributed by atoms with Gasteiger partial charge in [0, 0.05) is 6.54 Å². The van der Waals surface area contributed by atoms with E-state index in [1.54, 1.807) is 18.2 Å². The predicted octanol–water partition coefficient (Wildman–Crippen LogP) is 3.67. The molecule has 0 fully saturated rings. The number of benzene rings is 2. The fraction of sp³-hybridized carbons (Fsp3) is 0.350. The van der Waals surface area contributed by atoms with Gasteiger partial charge in [0.05, 0.1) is 6.54 Å². The largest absolute Gasteiger partial charge is 0.491 e. The molecule has 4 nitrogen and oxygen atoms in total. The highest BCUT2D eigenvalue weighted by Gasteiger charge is 2.06. The molecule has 0 aromatic heterocycles. The molecular weight excluding hydrogens is 319 g/mol. The van der Waals surface area contributed by atoms with Crippen LogP contribution in [0.4, 0.5) is 9.18 Å². The normalized spacial score (nSPS) is 10.4. The summed E-state index contributed by atoms with van der Waals surface area (Å²) in [6, 6.07) is 10.4. The number of carbonyl (C=O) groups is 1. The van der Waals surface area contributed by atoms with Gasteiger partial charge in [0.25, 0.3) is 0 Å². The average molecular weight is 344 g/mol. The summed E-state index contributed by atoms with van der Waals surface area (Å²) < 4.78 is 19.2. The molecule has 134 valence electrons. The Kier molecular flexibility index (Phi) is 6.81. The highest BCUT2D eigenvalue weighted by Crippen LogP contribution is 2.24. The molecular formula is C20H25FN2O2. The zero-order chi connectivity index (χ0) is 18.2. The molecule has 0 unspecified atom stereocenters. The van der Waals surface area contributed by atoms with E-state index in [9.17, 15) is 9.18 Å². The molecule has 2 aromatic rings. The Morgan fingerprint density at radius 1 is 1.04 bits per heavy atom. The first kappa shape index (κ1) is 18.8. The first-order valence-corrected chi connectivity index (χ1v) is 8.43. The van der Waals surface area contributed by atoms with Crippen molar-refractivity contribution in [2.75, 3.05) is 19.7 Å². The van der Waals surface area contributed by atoms with E-state index in [4.69, 9.17) is 4.74 Å². The maximum atomic E-state index is 13.5. The van der Waals surface area contributed by atoms with Crippen LogP contribution in [-0.2, 0) is 6.42 Å². The summed E-state index contributed by atoms with van der Waals surface area (Å²) in [6.45, 7) is 7.25. The van der Waals surface area contributed by atoms with Crippen molar-refractivity contribution in [2.24, 2.45) is 0 Å². The molecule has 2 amide bonds. The summed E-state index contributed by atoms with van der Waals surface area (Å²) in [5.41, 5.74) is 3.98. The van der Waals surface area contributed by atoms with Crippen LogP contribution in [0.15, 0.2) is 36.4 Å². The lowest BCUT2D eigenvalue weighted by molar-refractivity contribution is 0.236. The number of carbonyl (C=O) groups excluding carboxylic acids is 1. The lowest BCUT2D eigenvalue weighted by Crippen LogP contribution is -2.38. The quantitative estimate of drug-likeness (QED) is 0.753. The van der Waals surface area contributed by atoms with E-state index in [-0.39, 0.29) is 11.8 Å². The van der Waals surface area contributed by atoms with Crippen LogP contribution in [0.25, 0.3) is 0 Å². The number of halogens is 1. The minimum absolute atomic E-state index is 0.248. The summed E-state index contributed by atoms with van der Waals surface area (Å²) in [5.74, 6) is 0.620. The summed E-state index contributed by atoms with van der Waals surface area (Å²) >= 11 is 0. The third-order valence-electron chi connectivity index (χ3n) is 3.88. The maximum absolute atomic E-state index is 13.5. The first-order valence-electron chi connectivity index (χ1n) is 8.43. The standard InChI is InChI=1S/C20H25FN2O2/c1-14-12-15(2)19(16(3)13-14)25-11-10-23-20(24)22-9-8-17-6-4-5-7-18(17)21/h4-7,12-13H,8-11H2,1-3H3,(H2,22,23,24). The van der Waals surface area contributed by atoms with Crippen molar-refractivity contribution in [1.82, 2.24) is 10.6 Å². The molecule has 0 spiro atoms. The van der Waals surface area contributed by atoms with Gasteiger partial charge in [-0.2, -0.15) is 0 Å². The van der Waals surface area contributed by atoms with Crippen LogP contribution < -0.4 is 15.4 Å². The van der Waals surface area contributed by atoms with E-state index in [1.807, 2.05) is 13.8 Å². The monoisotopic (exact) mass is 344 g/mol. The Morgan fingerprint density at radius 2 is 1.68 bits per heavy atom. The van der Waals surface area contributed by atoms with Gasteiger partial charge in [0.15, 0.2) is 0 Å². The van der Waals surface area contributed by atoms with Crippen molar-refractivity contribution in [2.45, 2.75) is 27.2 Å². The topological polar surface area (TPSA) is 50.4 Å². The molecule has 0 heterocycles. The number of nitrogens with one attached hydrogen (secondary N) is 2. The van der Waals surface area contributed by atoms with E-state index in [2.05, 4.69) is 29.7 Å². The number of hydrogen-bond donors (Lipinski definition) is 2. The van der Waals surface area contributed by atoms with E-state index in [0.29, 0.717) is 31.7 Å². The van der Waals surface area contributed by atoms with E-state index in [1.165, 1.54) is 11.6 Å². The molecule has 0 bridgehead atoms. The fourth-order valence-electron chi connectivity index (χ4n) is 2.79. The van der Waals surface area contributed by atoms with Gasteiger partial charge in [0.2, 0.25) is 0 Å². The molecule has 0 aliphatic heterocycles. The molecule has 25 heavy (non-hydrogen) atoms. The highest BCUT2D eigenvalue weighted by atomic mass is 19.1. The minimum atomic E-state index is -0.280. The van der Waals surface area contributed by atoms with Crippen LogP contribution in [0, 0.1) is 26.6 Å². The SMILES string of the molecule is Cc1cc(C)c(OCCNC(=O)NCCc2ccccc2F)c(C)c1. The van der Waals surface area contributed by atoms with Gasteiger partial charge in [-0.3, -0.25) is 0 Å². The zero-order valence-corrected chi connectivity index (χ0v) is 15.0. The Balaban J connectivity index is 1.67. The summed E-state index contributed by atoms with van der Waals surface area (Å²) in [4.78, 5) is 11.7. The van der Waals surface area contributed by atoms with Crippen molar-refractivity contribution >= 4 is 6.03 Å². The molecule has 0 radical (unpaired) electrons. The van der Waals surface area contributed by atoms with Gasteiger partial charge in [-0.1, -0.05) is 35.9 Å². The molecule has 0 saturated carbocycles. The smallest absolute Gasteiger partial charge is 0.314 e. The lowest BCUT2D eigenvalue weighted by atomic mass is 10.1. The number of urea groups is 1. The third-order valence-corrected chi connectivity index (χ3v) is 3.88. The average Bonchev–Trinajstić information content (AvgIpc) is 2.55. The van der Waals surface area contributed by atoms with Gasteiger partial charge in [-0.05, 0) is 49.9 Å². The van der Waals surface area contributed by atoms with Crippen molar-refractivity contribution in [3.8, 4) is 5.75 Å². The minimum Gasteiger partial charge on any atom is -0.491 e. The second-order valence-corrected chi connectivity index (χ2v) is 6.10. The van der Waals surface area contributed by atoms with Crippen molar-refractivity contribution < 1.29 is 13.9 Å². The predicted molar refractivity (Wildman–Crippen MR) is 97.7 cm³/mol. The molecule has 2 aromatic carbocycles. The molecule has 0 atom stereocenters. The fourth-order valence-corrected chi connectivity index (χ4v) is 2.79. The Morgan fingerprint density at radius 3 is 2.36 bits per heavy atom. The number of amides is 2. The molecule has 2 N–H and O–H groups in total. The molecule has 0 aliphatic rings.